The third-order valence-electron chi connectivity index (χ3n) is 2.31. The van der Waals surface area contributed by atoms with Crippen LogP contribution in [0.3, 0.4) is 0 Å². The van der Waals surface area contributed by atoms with E-state index in [0.29, 0.717) is 13.1 Å². The van der Waals surface area contributed by atoms with E-state index in [2.05, 4.69) is 5.32 Å². The second kappa shape index (κ2) is 3.84. The summed E-state index contributed by atoms with van der Waals surface area (Å²) >= 11 is 0. The normalized spacial score (nSPS) is 15.6. The molecule has 5 heteroatoms. The SMILES string of the molecule is O=C1NCCN1Cc1cc(F)ccc1F. The zero-order valence-corrected chi connectivity index (χ0v) is 7.96. The number of nitrogens with one attached hydrogen (secondary N) is 1. The molecule has 0 saturated carbocycles. The summed E-state index contributed by atoms with van der Waals surface area (Å²) in [4.78, 5) is 12.6. The Morgan fingerprint density at radius 3 is 2.87 bits per heavy atom. The third kappa shape index (κ3) is 2.06. The number of hydrogen-bond acceptors (Lipinski definition) is 1. The van der Waals surface area contributed by atoms with Gasteiger partial charge in [-0.3, -0.25) is 0 Å². The van der Waals surface area contributed by atoms with Crippen LogP contribution in [0.15, 0.2) is 18.2 Å². The summed E-state index contributed by atoms with van der Waals surface area (Å²) in [5.74, 6) is -0.984. The standard InChI is InChI=1S/C10H10F2N2O/c11-8-1-2-9(12)7(5-8)6-14-4-3-13-10(14)15/h1-2,5H,3-4,6H2,(H,13,15). The van der Waals surface area contributed by atoms with Crippen molar-refractivity contribution in [3.8, 4) is 0 Å². The van der Waals surface area contributed by atoms with Gasteiger partial charge in [-0.05, 0) is 18.2 Å². The van der Waals surface area contributed by atoms with Gasteiger partial charge in [0.1, 0.15) is 11.6 Å². The Balaban J connectivity index is 2.16. The van der Waals surface area contributed by atoms with Crippen LogP contribution in [0.5, 0.6) is 0 Å². The quantitative estimate of drug-likeness (QED) is 0.791. The van der Waals surface area contributed by atoms with Gasteiger partial charge in [0.25, 0.3) is 0 Å². The van der Waals surface area contributed by atoms with E-state index in [1.165, 1.54) is 4.90 Å². The van der Waals surface area contributed by atoms with Crippen molar-refractivity contribution in [3.63, 3.8) is 0 Å². The van der Waals surface area contributed by atoms with Gasteiger partial charge in [0.2, 0.25) is 0 Å². The van der Waals surface area contributed by atoms with Crippen LogP contribution in [-0.2, 0) is 6.54 Å². The number of benzene rings is 1. The Morgan fingerprint density at radius 1 is 1.40 bits per heavy atom. The molecule has 0 spiro atoms. The first-order valence-electron chi connectivity index (χ1n) is 4.63. The summed E-state index contributed by atoms with van der Waals surface area (Å²) in [7, 11) is 0. The number of hydrogen-bond donors (Lipinski definition) is 1. The lowest BCUT2D eigenvalue weighted by molar-refractivity contribution is 0.215. The summed E-state index contributed by atoms with van der Waals surface area (Å²) in [6.45, 7) is 1.18. The van der Waals surface area contributed by atoms with Gasteiger partial charge in [0, 0.05) is 18.7 Å². The number of carbonyl (C=O) groups is 1. The molecular formula is C10H10F2N2O. The van der Waals surface area contributed by atoms with Crippen LogP contribution in [0.25, 0.3) is 0 Å². The molecule has 1 saturated heterocycles. The van der Waals surface area contributed by atoms with Gasteiger partial charge in [-0.15, -0.1) is 0 Å². The molecule has 1 N–H and O–H groups in total. The number of carbonyl (C=O) groups excluding carboxylic acids is 1. The van der Waals surface area contributed by atoms with Crippen molar-refractivity contribution in [2.75, 3.05) is 13.1 Å². The number of urea groups is 1. The van der Waals surface area contributed by atoms with Crippen LogP contribution in [0.1, 0.15) is 5.56 Å². The highest BCUT2D eigenvalue weighted by Crippen LogP contribution is 2.13. The predicted octanol–water partition coefficient (Wildman–Crippen LogP) is 1.49. The molecule has 0 bridgehead atoms. The maximum absolute atomic E-state index is 13.2. The lowest BCUT2D eigenvalue weighted by Gasteiger charge is -2.14. The molecule has 1 aliphatic rings. The molecule has 1 heterocycles. The number of rotatable bonds is 2. The van der Waals surface area contributed by atoms with Gasteiger partial charge in [-0.2, -0.15) is 0 Å². The minimum Gasteiger partial charge on any atom is -0.336 e. The topological polar surface area (TPSA) is 32.3 Å². The highest BCUT2D eigenvalue weighted by Gasteiger charge is 2.20. The van der Waals surface area contributed by atoms with E-state index in [1.807, 2.05) is 0 Å². The van der Waals surface area contributed by atoms with Crippen LogP contribution in [-0.4, -0.2) is 24.0 Å². The molecule has 15 heavy (non-hydrogen) atoms. The Bertz CT molecular complexity index is 395. The smallest absolute Gasteiger partial charge is 0.317 e. The van der Waals surface area contributed by atoms with E-state index in [-0.39, 0.29) is 18.1 Å². The van der Waals surface area contributed by atoms with Crippen LogP contribution < -0.4 is 5.32 Å². The van der Waals surface area contributed by atoms with Crippen molar-refractivity contribution in [1.82, 2.24) is 10.2 Å². The molecule has 1 aromatic rings. The first kappa shape index (κ1) is 9.89. The monoisotopic (exact) mass is 212 g/mol. The zero-order chi connectivity index (χ0) is 10.8. The zero-order valence-electron chi connectivity index (χ0n) is 7.96. The maximum atomic E-state index is 13.2. The molecule has 1 aromatic carbocycles. The van der Waals surface area contributed by atoms with Crippen LogP contribution >= 0.6 is 0 Å². The molecule has 2 rings (SSSR count). The first-order chi connectivity index (χ1) is 7.16. The second-order valence-electron chi connectivity index (χ2n) is 3.39. The molecule has 0 aromatic heterocycles. The molecular weight excluding hydrogens is 202 g/mol. The number of halogens is 2. The first-order valence-corrected chi connectivity index (χ1v) is 4.63. The van der Waals surface area contributed by atoms with Crippen molar-refractivity contribution >= 4 is 6.03 Å². The molecule has 3 nitrogen and oxygen atoms in total. The summed E-state index contributed by atoms with van der Waals surface area (Å²) in [6.07, 6.45) is 0. The summed E-state index contributed by atoms with van der Waals surface area (Å²) in [5.41, 5.74) is 0.201. The lowest BCUT2D eigenvalue weighted by Crippen LogP contribution is -2.27. The molecule has 1 aliphatic heterocycles. The van der Waals surface area contributed by atoms with E-state index in [9.17, 15) is 13.6 Å². The van der Waals surface area contributed by atoms with Gasteiger partial charge in [0.05, 0.1) is 6.54 Å². The van der Waals surface area contributed by atoms with Crippen molar-refractivity contribution in [1.29, 1.82) is 0 Å². The number of amides is 2. The summed E-state index contributed by atoms with van der Waals surface area (Å²) < 4.78 is 26.1. The van der Waals surface area contributed by atoms with Crippen molar-refractivity contribution in [2.24, 2.45) is 0 Å². The van der Waals surface area contributed by atoms with Gasteiger partial charge in [-0.25, -0.2) is 13.6 Å². The fraction of sp³-hybridized carbons (Fsp3) is 0.300. The predicted molar refractivity (Wildman–Crippen MR) is 50.2 cm³/mol. The van der Waals surface area contributed by atoms with Gasteiger partial charge < -0.3 is 10.2 Å². The van der Waals surface area contributed by atoms with Crippen LogP contribution in [0, 0.1) is 11.6 Å². The molecule has 0 radical (unpaired) electrons. The van der Waals surface area contributed by atoms with Crippen molar-refractivity contribution in [2.45, 2.75) is 6.54 Å². The average Bonchev–Trinajstić information content (AvgIpc) is 2.58. The van der Waals surface area contributed by atoms with E-state index in [1.54, 1.807) is 0 Å². The van der Waals surface area contributed by atoms with E-state index < -0.39 is 11.6 Å². The van der Waals surface area contributed by atoms with E-state index in [0.717, 1.165) is 18.2 Å². The maximum Gasteiger partial charge on any atom is 0.317 e. The highest BCUT2D eigenvalue weighted by atomic mass is 19.1. The fourth-order valence-electron chi connectivity index (χ4n) is 1.53. The largest absolute Gasteiger partial charge is 0.336 e. The minimum absolute atomic E-state index is 0.107. The molecule has 1 fully saturated rings. The minimum atomic E-state index is -0.494. The van der Waals surface area contributed by atoms with Crippen molar-refractivity contribution in [3.05, 3.63) is 35.4 Å². The van der Waals surface area contributed by atoms with Gasteiger partial charge >= 0.3 is 6.03 Å². The summed E-state index contributed by atoms with van der Waals surface area (Å²) in [5, 5.41) is 2.59. The Kier molecular flexibility index (Phi) is 2.53. The molecule has 0 atom stereocenters. The van der Waals surface area contributed by atoms with E-state index in [4.69, 9.17) is 0 Å². The number of nitrogens with zero attached hydrogens (tertiary/aromatic N) is 1. The lowest BCUT2D eigenvalue weighted by atomic mass is 10.2. The van der Waals surface area contributed by atoms with Crippen molar-refractivity contribution < 1.29 is 13.6 Å². The Hall–Kier alpha value is -1.65. The van der Waals surface area contributed by atoms with E-state index >= 15 is 0 Å². The molecule has 80 valence electrons. The Morgan fingerprint density at radius 2 is 2.20 bits per heavy atom. The Labute approximate surface area is 85.7 Å². The highest BCUT2D eigenvalue weighted by molar-refractivity contribution is 5.76. The van der Waals surface area contributed by atoms with Crippen LogP contribution in [0.2, 0.25) is 0 Å². The molecule has 2 amide bonds. The molecule has 0 unspecified atom stereocenters. The van der Waals surface area contributed by atoms with Gasteiger partial charge in [0.15, 0.2) is 0 Å². The second-order valence-corrected chi connectivity index (χ2v) is 3.39. The van der Waals surface area contributed by atoms with Gasteiger partial charge in [-0.1, -0.05) is 0 Å². The fourth-order valence-corrected chi connectivity index (χ4v) is 1.53. The average molecular weight is 212 g/mol. The summed E-state index contributed by atoms with van der Waals surface area (Å²) in [6, 6.07) is 3.00. The third-order valence-corrected chi connectivity index (χ3v) is 2.31. The molecule has 0 aliphatic carbocycles. The van der Waals surface area contributed by atoms with Crippen LogP contribution in [0.4, 0.5) is 13.6 Å².